The first-order valence-electron chi connectivity index (χ1n) is 6.80. The van der Waals surface area contributed by atoms with Crippen molar-refractivity contribution in [3.05, 3.63) is 0 Å². The van der Waals surface area contributed by atoms with E-state index >= 15 is 0 Å². The molecule has 0 bridgehead atoms. The molecule has 1 N–H and O–H groups in total. The Bertz CT molecular complexity index is 277. The van der Waals surface area contributed by atoms with Gasteiger partial charge in [0, 0.05) is 0 Å². The first-order chi connectivity index (χ1) is 8.74. The van der Waals surface area contributed by atoms with Gasteiger partial charge in [-0.25, -0.2) is 0 Å². The van der Waals surface area contributed by atoms with Crippen LogP contribution in [-0.2, 0) is 7.80 Å². The molecule has 0 aromatic rings. The molecule has 0 aliphatic rings. The first kappa shape index (κ1) is 19.7. The summed E-state index contributed by atoms with van der Waals surface area (Å²) in [6.07, 6.45) is 2.78. The van der Waals surface area contributed by atoms with Gasteiger partial charge >= 0.3 is 137 Å². The summed E-state index contributed by atoms with van der Waals surface area (Å²) in [4.78, 5) is 13.0. The van der Waals surface area contributed by atoms with E-state index in [1.165, 1.54) is 0 Å². The maximum absolute atomic E-state index is 10.9. The third-order valence-corrected chi connectivity index (χ3v) is 5.09. The zero-order chi connectivity index (χ0) is 14.9. The third kappa shape index (κ3) is 10.1. The van der Waals surface area contributed by atoms with Gasteiger partial charge in [0.1, 0.15) is 0 Å². The molecule has 0 saturated carbocycles. The average Bonchev–Trinajstić information content (AvgIpc) is 2.28. The number of ether oxygens (including phenoxy) is 1. The molecule has 0 fully saturated rings. The van der Waals surface area contributed by atoms with Gasteiger partial charge in [0.15, 0.2) is 0 Å². The Kier molecular flexibility index (Phi) is 9.89. The van der Waals surface area contributed by atoms with Crippen LogP contribution >= 0.6 is 0 Å². The molecule has 6 heteroatoms. The average molecular weight is 400 g/mol. The molecule has 0 aromatic heterocycles. The number of alkyl halides is 1. The Labute approximate surface area is 136 Å². The fraction of sp³-hybridized carbons (Fsp3) is 0.923. The SMILES string of the molecule is CCC(C)(CCOC(C)(C)CCN[C](=O)[AlH2])O[I-]C. The number of nitrogens with one attached hydrogen (secondary N) is 1. The van der Waals surface area contributed by atoms with Crippen LogP contribution in [0, 0.1) is 0 Å². The van der Waals surface area contributed by atoms with Crippen molar-refractivity contribution in [1.82, 2.24) is 5.32 Å². The van der Waals surface area contributed by atoms with E-state index in [9.17, 15) is 4.79 Å². The van der Waals surface area contributed by atoms with Gasteiger partial charge in [0.2, 0.25) is 0 Å². The fourth-order valence-corrected chi connectivity index (χ4v) is 3.46. The van der Waals surface area contributed by atoms with Crippen molar-refractivity contribution >= 4 is 21.1 Å². The number of carbonyl (C=O) groups is 1. The first-order valence-corrected chi connectivity index (χ1v) is 10.8. The van der Waals surface area contributed by atoms with Crippen molar-refractivity contribution in [3.8, 4) is 0 Å². The Morgan fingerprint density at radius 3 is 2.42 bits per heavy atom. The number of rotatable bonds is 10. The summed E-state index contributed by atoms with van der Waals surface area (Å²) >= 11 is 0.412. The van der Waals surface area contributed by atoms with Crippen molar-refractivity contribution in [3.63, 3.8) is 0 Å². The zero-order valence-electron chi connectivity index (χ0n) is 13.1. The second-order valence-corrected chi connectivity index (χ2v) is 7.86. The van der Waals surface area contributed by atoms with Crippen molar-refractivity contribution in [2.75, 3.05) is 18.1 Å². The van der Waals surface area contributed by atoms with Crippen molar-refractivity contribution < 1.29 is 34.2 Å². The van der Waals surface area contributed by atoms with E-state index in [0.717, 1.165) is 19.3 Å². The molecule has 0 radical (unpaired) electrons. The van der Waals surface area contributed by atoms with Crippen LogP contribution in [0.1, 0.15) is 47.0 Å². The quantitative estimate of drug-likeness (QED) is 0.283. The van der Waals surface area contributed by atoms with Gasteiger partial charge in [-0.3, -0.25) is 0 Å². The molecule has 1 atom stereocenters. The second kappa shape index (κ2) is 9.56. The third-order valence-electron chi connectivity index (χ3n) is 3.24. The predicted octanol–water partition coefficient (Wildman–Crippen LogP) is -1.28. The normalized spacial score (nSPS) is 15.2. The van der Waals surface area contributed by atoms with E-state index in [1.807, 2.05) is 0 Å². The minimum atomic E-state index is -0.195. The number of hydrogen-bond donors (Lipinski definition) is 1. The Morgan fingerprint density at radius 2 is 1.95 bits per heavy atom. The van der Waals surface area contributed by atoms with E-state index in [4.69, 9.17) is 7.80 Å². The van der Waals surface area contributed by atoms with Gasteiger partial charge in [-0.1, -0.05) is 0 Å². The van der Waals surface area contributed by atoms with Crippen molar-refractivity contribution in [1.29, 1.82) is 0 Å². The van der Waals surface area contributed by atoms with Crippen LogP contribution in [0.5, 0.6) is 0 Å². The van der Waals surface area contributed by atoms with Crippen LogP contribution in [0.2, 0.25) is 0 Å². The molecular weight excluding hydrogens is 372 g/mol. The molecule has 0 saturated heterocycles. The molecule has 114 valence electrons. The molecule has 19 heavy (non-hydrogen) atoms. The maximum atomic E-state index is 10.9. The van der Waals surface area contributed by atoms with Gasteiger partial charge in [-0.15, -0.1) is 0 Å². The van der Waals surface area contributed by atoms with Crippen LogP contribution in [0.4, 0.5) is 4.79 Å². The molecule has 0 aliphatic heterocycles. The Hall–Kier alpha value is 0.652. The van der Waals surface area contributed by atoms with Gasteiger partial charge in [-0.05, 0) is 0 Å². The summed E-state index contributed by atoms with van der Waals surface area (Å²) in [6, 6.07) is 0. The molecular formula is C13H28AlINO3-. The second-order valence-electron chi connectivity index (χ2n) is 5.63. The summed E-state index contributed by atoms with van der Waals surface area (Å²) in [6.45, 7) is 9.86. The van der Waals surface area contributed by atoms with Gasteiger partial charge < -0.3 is 0 Å². The number of amides is 1. The molecule has 0 aromatic carbocycles. The molecule has 0 heterocycles. The Balaban J connectivity index is 3.99. The monoisotopic (exact) mass is 400 g/mol. The molecule has 1 amide bonds. The topological polar surface area (TPSA) is 47.6 Å². The van der Waals surface area contributed by atoms with Gasteiger partial charge in [0.05, 0.1) is 0 Å². The summed E-state index contributed by atoms with van der Waals surface area (Å²) < 4.78 is 12.0. The molecule has 0 spiro atoms. The van der Waals surface area contributed by atoms with Crippen LogP contribution in [0.25, 0.3) is 0 Å². The molecule has 0 rings (SSSR count). The number of halogens is 1. The summed E-state index contributed by atoms with van der Waals surface area (Å²) in [5.41, 5.74) is -0.235. The van der Waals surface area contributed by atoms with E-state index in [1.54, 1.807) is 0 Å². The van der Waals surface area contributed by atoms with Crippen LogP contribution in [-0.4, -0.2) is 50.3 Å². The standard InChI is InChI=1S/C13H26INO3.Al.2H/c1-6-13(4,18-14-5)8-10-17-12(2,3)7-9-15-11-16;;;/h6-10H2,1-5H3,(H,15,16);;;/q-1;;;. The summed E-state index contributed by atoms with van der Waals surface area (Å²) in [5.74, 6) is 0. The van der Waals surface area contributed by atoms with Gasteiger partial charge in [-0.2, -0.15) is 0 Å². The van der Waals surface area contributed by atoms with Crippen LogP contribution in [0.3, 0.4) is 0 Å². The minimum absolute atomic E-state index is 0.0403. The van der Waals surface area contributed by atoms with E-state index in [2.05, 4.69) is 37.9 Å². The van der Waals surface area contributed by atoms with Gasteiger partial charge in [0.25, 0.3) is 0 Å². The summed E-state index contributed by atoms with van der Waals surface area (Å²) in [5, 5.41) is 2.86. The molecule has 4 nitrogen and oxygen atoms in total. The Morgan fingerprint density at radius 1 is 1.32 bits per heavy atom. The molecule has 0 aliphatic carbocycles. The summed E-state index contributed by atoms with van der Waals surface area (Å²) in [7, 11) is 0. The van der Waals surface area contributed by atoms with Crippen molar-refractivity contribution in [2.45, 2.75) is 58.2 Å². The number of carbonyl (C=O) groups excluding carboxylic acids is 1. The zero-order valence-corrected chi connectivity index (χ0v) is 17.3. The van der Waals surface area contributed by atoms with Crippen LogP contribution < -0.4 is 26.9 Å². The van der Waals surface area contributed by atoms with E-state index in [0.29, 0.717) is 29.4 Å². The van der Waals surface area contributed by atoms with Crippen molar-refractivity contribution in [2.24, 2.45) is 0 Å². The fourth-order valence-electron chi connectivity index (χ4n) is 1.61. The number of hydrogen-bond acceptors (Lipinski definition) is 3. The van der Waals surface area contributed by atoms with Crippen LogP contribution in [0.15, 0.2) is 0 Å². The van der Waals surface area contributed by atoms with E-state index in [-0.39, 0.29) is 37.6 Å². The van der Waals surface area contributed by atoms with E-state index < -0.39 is 0 Å². The molecule has 1 unspecified atom stereocenters. The predicted molar refractivity (Wildman–Crippen MR) is 76.9 cm³/mol.